The van der Waals surface area contributed by atoms with Gasteiger partial charge in [-0.15, -0.1) is 0 Å². The quantitative estimate of drug-likeness (QED) is 0.822. The summed E-state index contributed by atoms with van der Waals surface area (Å²) < 4.78 is 0. The number of hydrogen-bond acceptors (Lipinski definition) is 3. The highest BCUT2D eigenvalue weighted by molar-refractivity contribution is 5.56. The largest absolute Gasteiger partial charge is 0.355 e. The van der Waals surface area contributed by atoms with E-state index in [9.17, 15) is 5.26 Å². The van der Waals surface area contributed by atoms with Gasteiger partial charge in [-0.3, -0.25) is 0 Å². The van der Waals surface area contributed by atoms with Crippen LogP contribution >= 0.6 is 0 Å². The molecule has 1 aromatic heterocycles. The molecule has 0 amide bonds. The van der Waals surface area contributed by atoms with E-state index < -0.39 is 0 Å². The van der Waals surface area contributed by atoms with Gasteiger partial charge in [0.25, 0.3) is 0 Å². The molecule has 0 atom stereocenters. The van der Waals surface area contributed by atoms with E-state index in [1.54, 1.807) is 0 Å². The Balaban J connectivity index is 2.40. The Bertz CT molecular complexity index is 516. The maximum atomic E-state index is 9.52. The van der Waals surface area contributed by atoms with Crippen molar-refractivity contribution in [2.24, 2.45) is 11.8 Å². The summed E-state index contributed by atoms with van der Waals surface area (Å²) in [4.78, 5) is 7.20. The minimum atomic E-state index is 0.563. The normalized spacial score (nSPS) is 14.1. The number of rotatable bonds is 5. The van der Waals surface area contributed by atoms with Crippen LogP contribution in [0.2, 0.25) is 0 Å². The van der Waals surface area contributed by atoms with Crippen LogP contribution in [-0.4, -0.2) is 18.1 Å². The summed E-state index contributed by atoms with van der Waals surface area (Å²) in [6.45, 7) is 10.8. The Morgan fingerprint density at radius 1 is 1.14 bits per heavy atom. The average Bonchev–Trinajstić information content (AvgIpc) is 2.44. The molecule has 0 spiro atoms. The summed E-state index contributed by atoms with van der Waals surface area (Å²) in [5, 5.41) is 9.52. The highest BCUT2D eigenvalue weighted by Crippen LogP contribution is 2.27. The minimum Gasteiger partial charge on any atom is -0.355 e. The van der Waals surface area contributed by atoms with E-state index >= 15 is 0 Å². The molecule has 1 aromatic rings. The van der Waals surface area contributed by atoms with Crippen molar-refractivity contribution in [2.75, 3.05) is 18.0 Å². The van der Waals surface area contributed by atoms with Gasteiger partial charge in [0.15, 0.2) is 0 Å². The summed E-state index contributed by atoms with van der Waals surface area (Å²) in [6, 6.07) is 4.46. The second-order valence-electron chi connectivity index (χ2n) is 6.98. The molecule has 1 aliphatic rings. The van der Waals surface area contributed by atoms with Crippen LogP contribution in [0.4, 0.5) is 5.82 Å². The Kier molecular flexibility index (Phi) is 5.22. The van der Waals surface area contributed by atoms with Gasteiger partial charge in [0, 0.05) is 18.8 Å². The number of hydrogen-bond donors (Lipinski definition) is 0. The SMILES string of the molecule is CC(C)CN(CC(C)C)c1nc2c(cc1C#N)CCCC2. The van der Waals surface area contributed by atoms with Crippen molar-refractivity contribution in [3.63, 3.8) is 0 Å². The van der Waals surface area contributed by atoms with Crippen molar-refractivity contribution in [1.29, 1.82) is 5.26 Å². The lowest BCUT2D eigenvalue weighted by Gasteiger charge is -2.29. The molecule has 0 fully saturated rings. The van der Waals surface area contributed by atoms with E-state index in [2.05, 4.69) is 44.7 Å². The van der Waals surface area contributed by atoms with E-state index in [4.69, 9.17) is 4.98 Å². The third-order valence-corrected chi connectivity index (χ3v) is 3.87. The minimum absolute atomic E-state index is 0.563. The van der Waals surface area contributed by atoms with E-state index in [-0.39, 0.29) is 0 Å². The summed E-state index contributed by atoms with van der Waals surface area (Å²) in [5.41, 5.74) is 3.25. The van der Waals surface area contributed by atoms with E-state index in [1.807, 2.05) is 0 Å². The highest BCUT2D eigenvalue weighted by atomic mass is 15.2. The number of pyridine rings is 1. The fourth-order valence-corrected chi connectivity index (χ4v) is 3.08. The van der Waals surface area contributed by atoms with Crippen molar-refractivity contribution in [3.05, 3.63) is 22.9 Å². The molecule has 0 bridgehead atoms. The summed E-state index contributed by atoms with van der Waals surface area (Å²) >= 11 is 0. The van der Waals surface area contributed by atoms with Gasteiger partial charge in [-0.05, 0) is 49.1 Å². The Morgan fingerprint density at radius 3 is 2.33 bits per heavy atom. The van der Waals surface area contributed by atoms with Crippen LogP contribution in [0, 0.1) is 23.2 Å². The molecule has 114 valence electrons. The lowest BCUT2D eigenvalue weighted by Crippen LogP contribution is -2.33. The van der Waals surface area contributed by atoms with Crippen molar-refractivity contribution in [1.82, 2.24) is 4.98 Å². The monoisotopic (exact) mass is 285 g/mol. The zero-order valence-electron chi connectivity index (χ0n) is 13.8. The maximum Gasteiger partial charge on any atom is 0.146 e. The summed E-state index contributed by atoms with van der Waals surface area (Å²) in [6.07, 6.45) is 4.58. The molecule has 0 aliphatic heterocycles. The fraction of sp³-hybridized carbons (Fsp3) is 0.667. The van der Waals surface area contributed by atoms with Crippen LogP contribution in [-0.2, 0) is 12.8 Å². The van der Waals surface area contributed by atoms with Gasteiger partial charge in [-0.2, -0.15) is 5.26 Å². The number of aryl methyl sites for hydroxylation is 2. The average molecular weight is 285 g/mol. The maximum absolute atomic E-state index is 9.52. The number of aromatic nitrogens is 1. The lowest BCUT2D eigenvalue weighted by atomic mass is 9.94. The molecule has 0 radical (unpaired) electrons. The number of nitriles is 1. The molecule has 0 saturated heterocycles. The smallest absolute Gasteiger partial charge is 0.146 e. The van der Waals surface area contributed by atoms with E-state index in [0.717, 1.165) is 37.3 Å². The number of nitrogens with zero attached hydrogens (tertiary/aromatic N) is 3. The van der Waals surface area contributed by atoms with Gasteiger partial charge < -0.3 is 4.90 Å². The summed E-state index contributed by atoms with van der Waals surface area (Å²) in [5.74, 6) is 2.03. The van der Waals surface area contributed by atoms with Crippen molar-refractivity contribution < 1.29 is 0 Å². The molecule has 0 N–H and O–H groups in total. The molecule has 1 heterocycles. The van der Waals surface area contributed by atoms with Gasteiger partial charge in [0.2, 0.25) is 0 Å². The Morgan fingerprint density at radius 2 is 1.76 bits per heavy atom. The van der Waals surface area contributed by atoms with Crippen molar-refractivity contribution in [3.8, 4) is 6.07 Å². The second kappa shape index (κ2) is 6.93. The van der Waals surface area contributed by atoms with Crippen LogP contribution in [0.1, 0.15) is 57.4 Å². The van der Waals surface area contributed by atoms with Crippen LogP contribution in [0.25, 0.3) is 0 Å². The van der Waals surface area contributed by atoms with Gasteiger partial charge in [0.05, 0.1) is 5.56 Å². The number of anilines is 1. The molecule has 21 heavy (non-hydrogen) atoms. The van der Waals surface area contributed by atoms with Crippen LogP contribution in [0.3, 0.4) is 0 Å². The van der Waals surface area contributed by atoms with Gasteiger partial charge >= 0.3 is 0 Å². The molecule has 1 aliphatic carbocycles. The zero-order chi connectivity index (χ0) is 15.4. The van der Waals surface area contributed by atoms with Gasteiger partial charge in [0.1, 0.15) is 11.9 Å². The molecule has 0 saturated carbocycles. The van der Waals surface area contributed by atoms with E-state index in [0.29, 0.717) is 11.8 Å². The second-order valence-corrected chi connectivity index (χ2v) is 6.98. The predicted molar refractivity (Wildman–Crippen MR) is 87.5 cm³/mol. The van der Waals surface area contributed by atoms with Crippen LogP contribution in [0.5, 0.6) is 0 Å². The first-order valence-electron chi connectivity index (χ1n) is 8.19. The first kappa shape index (κ1) is 15.8. The molecular formula is C18H27N3. The predicted octanol–water partition coefficient (Wildman–Crippen LogP) is 3.95. The van der Waals surface area contributed by atoms with Crippen LogP contribution in [0.15, 0.2) is 6.07 Å². The number of fused-ring (bicyclic) bond motifs is 1. The zero-order valence-corrected chi connectivity index (χ0v) is 13.8. The fourth-order valence-electron chi connectivity index (χ4n) is 3.08. The summed E-state index contributed by atoms with van der Waals surface area (Å²) in [7, 11) is 0. The standard InChI is InChI=1S/C18H27N3/c1-13(2)11-21(12-14(3)4)18-16(10-19)9-15-7-5-6-8-17(15)20-18/h9,13-14H,5-8,11-12H2,1-4H3. The first-order valence-corrected chi connectivity index (χ1v) is 8.19. The molecule has 2 rings (SSSR count). The Hall–Kier alpha value is -1.56. The molecule has 3 heteroatoms. The third kappa shape index (κ3) is 3.97. The van der Waals surface area contributed by atoms with Crippen molar-refractivity contribution >= 4 is 5.82 Å². The molecule has 0 aromatic carbocycles. The molecule has 3 nitrogen and oxygen atoms in total. The highest BCUT2D eigenvalue weighted by Gasteiger charge is 2.20. The molecule has 0 unspecified atom stereocenters. The van der Waals surface area contributed by atoms with Gasteiger partial charge in [-0.25, -0.2) is 4.98 Å². The first-order chi connectivity index (χ1) is 10.0. The lowest BCUT2D eigenvalue weighted by molar-refractivity contribution is 0.546. The van der Waals surface area contributed by atoms with Crippen molar-refractivity contribution in [2.45, 2.75) is 53.4 Å². The third-order valence-electron chi connectivity index (χ3n) is 3.87. The topological polar surface area (TPSA) is 39.9 Å². The Labute approximate surface area is 129 Å². The van der Waals surface area contributed by atoms with E-state index in [1.165, 1.54) is 24.1 Å². The van der Waals surface area contributed by atoms with Crippen LogP contribution < -0.4 is 4.90 Å². The van der Waals surface area contributed by atoms with Gasteiger partial charge in [-0.1, -0.05) is 27.7 Å². The molecular weight excluding hydrogens is 258 g/mol.